The van der Waals surface area contributed by atoms with Gasteiger partial charge in [-0.3, -0.25) is 14.6 Å². The first kappa shape index (κ1) is 20.6. The Hall–Kier alpha value is -2.70. The van der Waals surface area contributed by atoms with Crippen LogP contribution in [0.1, 0.15) is 19.5 Å². The topological polar surface area (TPSA) is 44.1 Å². The van der Waals surface area contributed by atoms with Crippen molar-refractivity contribution in [3.05, 3.63) is 60.4 Å². The van der Waals surface area contributed by atoms with E-state index in [0.29, 0.717) is 6.54 Å². The number of fused-ring (bicyclic) bond motifs is 1. The van der Waals surface area contributed by atoms with Crippen molar-refractivity contribution in [1.29, 1.82) is 0 Å². The zero-order valence-electron chi connectivity index (χ0n) is 18.0. The standard InChI is InChI=1S/C24H31N5O/c1-3-28(4-2)23(30)19-27-16-14-26(15-17-27)18-21-24(20-10-6-5-7-11-20)25-22-12-8-9-13-29(21)22/h5-13H,3-4,14-19H2,1-2H3. The molecule has 2 aromatic heterocycles. The number of likely N-dealkylation sites (N-methyl/N-ethyl adjacent to an activating group) is 1. The summed E-state index contributed by atoms with van der Waals surface area (Å²) in [5, 5.41) is 0. The molecular weight excluding hydrogens is 374 g/mol. The van der Waals surface area contributed by atoms with Gasteiger partial charge in [-0.2, -0.15) is 0 Å². The minimum absolute atomic E-state index is 0.238. The summed E-state index contributed by atoms with van der Waals surface area (Å²) in [4.78, 5) is 24.0. The molecule has 0 atom stereocenters. The Morgan fingerprint density at radius 3 is 2.30 bits per heavy atom. The Morgan fingerprint density at radius 1 is 0.933 bits per heavy atom. The van der Waals surface area contributed by atoms with Crippen molar-refractivity contribution >= 4 is 11.6 Å². The lowest BCUT2D eigenvalue weighted by atomic mass is 10.1. The van der Waals surface area contributed by atoms with E-state index in [1.165, 1.54) is 5.69 Å². The first-order valence-corrected chi connectivity index (χ1v) is 10.9. The number of carbonyl (C=O) groups is 1. The van der Waals surface area contributed by atoms with Crippen LogP contribution in [0.25, 0.3) is 16.9 Å². The van der Waals surface area contributed by atoms with E-state index in [0.717, 1.165) is 62.7 Å². The van der Waals surface area contributed by atoms with Gasteiger partial charge in [0.1, 0.15) is 5.65 Å². The van der Waals surface area contributed by atoms with Gasteiger partial charge in [-0.05, 0) is 26.0 Å². The molecule has 1 aromatic carbocycles. The molecule has 158 valence electrons. The third-order valence-corrected chi connectivity index (χ3v) is 5.99. The number of imidazole rings is 1. The number of piperazine rings is 1. The highest BCUT2D eigenvalue weighted by atomic mass is 16.2. The third-order valence-electron chi connectivity index (χ3n) is 5.99. The number of benzene rings is 1. The van der Waals surface area contributed by atoms with Crippen molar-refractivity contribution in [2.24, 2.45) is 0 Å². The average Bonchev–Trinajstić information content (AvgIpc) is 3.15. The van der Waals surface area contributed by atoms with E-state index < -0.39 is 0 Å². The lowest BCUT2D eigenvalue weighted by Crippen LogP contribution is -2.49. The lowest BCUT2D eigenvalue weighted by molar-refractivity contribution is -0.132. The molecule has 1 amide bonds. The molecule has 1 aliphatic rings. The van der Waals surface area contributed by atoms with Crippen LogP contribution < -0.4 is 0 Å². The minimum Gasteiger partial charge on any atom is -0.342 e. The monoisotopic (exact) mass is 405 g/mol. The van der Waals surface area contributed by atoms with Gasteiger partial charge >= 0.3 is 0 Å². The number of amides is 1. The largest absolute Gasteiger partial charge is 0.342 e. The quantitative estimate of drug-likeness (QED) is 0.606. The van der Waals surface area contributed by atoms with E-state index in [9.17, 15) is 4.79 Å². The average molecular weight is 406 g/mol. The van der Waals surface area contributed by atoms with Crippen molar-refractivity contribution in [1.82, 2.24) is 24.1 Å². The Labute approximate surface area is 178 Å². The van der Waals surface area contributed by atoms with Crippen molar-refractivity contribution in [3.8, 4) is 11.3 Å². The van der Waals surface area contributed by atoms with Gasteiger partial charge in [-0.15, -0.1) is 0 Å². The van der Waals surface area contributed by atoms with E-state index in [1.807, 2.05) is 30.9 Å². The molecule has 3 aromatic rings. The number of nitrogens with zero attached hydrogens (tertiary/aromatic N) is 5. The molecular formula is C24H31N5O. The summed E-state index contributed by atoms with van der Waals surface area (Å²) in [5.74, 6) is 0.238. The number of aromatic nitrogens is 2. The molecule has 1 fully saturated rings. The predicted octanol–water partition coefficient (Wildman–Crippen LogP) is 2.99. The Bertz CT molecular complexity index is 972. The molecule has 6 nitrogen and oxygen atoms in total. The van der Waals surface area contributed by atoms with Gasteiger partial charge in [0.25, 0.3) is 0 Å². The second kappa shape index (κ2) is 9.41. The fraction of sp³-hybridized carbons (Fsp3) is 0.417. The maximum Gasteiger partial charge on any atom is 0.236 e. The van der Waals surface area contributed by atoms with Crippen LogP contribution in [0.4, 0.5) is 0 Å². The molecule has 1 aliphatic heterocycles. The van der Waals surface area contributed by atoms with Crippen molar-refractivity contribution in [3.63, 3.8) is 0 Å². The molecule has 1 saturated heterocycles. The van der Waals surface area contributed by atoms with Crippen LogP contribution in [0, 0.1) is 0 Å². The number of hydrogen-bond donors (Lipinski definition) is 0. The summed E-state index contributed by atoms with van der Waals surface area (Å²) in [7, 11) is 0. The Morgan fingerprint density at radius 2 is 1.60 bits per heavy atom. The zero-order valence-corrected chi connectivity index (χ0v) is 18.0. The van der Waals surface area contributed by atoms with E-state index in [4.69, 9.17) is 4.98 Å². The summed E-state index contributed by atoms with van der Waals surface area (Å²) in [5.41, 5.74) is 4.42. The van der Waals surface area contributed by atoms with Gasteiger partial charge in [0.15, 0.2) is 0 Å². The SMILES string of the molecule is CCN(CC)C(=O)CN1CCN(Cc2c(-c3ccccc3)nc3ccccn23)CC1. The van der Waals surface area contributed by atoms with Gasteiger partial charge in [0.05, 0.1) is 17.9 Å². The fourth-order valence-corrected chi connectivity index (χ4v) is 4.21. The molecule has 0 saturated carbocycles. The van der Waals surface area contributed by atoms with E-state index in [1.54, 1.807) is 0 Å². The molecule has 3 heterocycles. The summed E-state index contributed by atoms with van der Waals surface area (Å²) in [6.45, 7) is 10.8. The van der Waals surface area contributed by atoms with Gasteiger partial charge in [-0.1, -0.05) is 36.4 Å². The highest BCUT2D eigenvalue weighted by Gasteiger charge is 2.23. The highest BCUT2D eigenvalue weighted by Crippen LogP contribution is 2.25. The number of pyridine rings is 1. The van der Waals surface area contributed by atoms with Gasteiger partial charge < -0.3 is 9.30 Å². The van der Waals surface area contributed by atoms with Crippen LogP contribution in [0.3, 0.4) is 0 Å². The molecule has 0 bridgehead atoms. The normalized spacial score (nSPS) is 15.5. The highest BCUT2D eigenvalue weighted by molar-refractivity contribution is 5.78. The molecule has 30 heavy (non-hydrogen) atoms. The maximum atomic E-state index is 12.4. The number of carbonyl (C=O) groups excluding carboxylic acids is 1. The van der Waals surface area contributed by atoms with Crippen LogP contribution in [-0.2, 0) is 11.3 Å². The first-order valence-electron chi connectivity index (χ1n) is 10.9. The van der Waals surface area contributed by atoms with Crippen LogP contribution >= 0.6 is 0 Å². The summed E-state index contributed by atoms with van der Waals surface area (Å²) >= 11 is 0. The van der Waals surface area contributed by atoms with E-state index in [-0.39, 0.29) is 5.91 Å². The van der Waals surface area contributed by atoms with Crippen LogP contribution in [0.5, 0.6) is 0 Å². The predicted molar refractivity (Wildman–Crippen MR) is 120 cm³/mol. The fourth-order valence-electron chi connectivity index (χ4n) is 4.21. The molecule has 6 heteroatoms. The molecule has 0 N–H and O–H groups in total. The summed E-state index contributed by atoms with van der Waals surface area (Å²) < 4.78 is 2.21. The Balaban J connectivity index is 1.46. The van der Waals surface area contributed by atoms with Gasteiger partial charge in [0.2, 0.25) is 5.91 Å². The number of hydrogen-bond acceptors (Lipinski definition) is 4. The summed E-state index contributed by atoms with van der Waals surface area (Å²) in [6, 6.07) is 16.6. The van der Waals surface area contributed by atoms with E-state index >= 15 is 0 Å². The maximum absolute atomic E-state index is 12.4. The second-order valence-electron chi connectivity index (χ2n) is 7.82. The van der Waals surface area contributed by atoms with Gasteiger partial charge in [0, 0.05) is 57.6 Å². The Kier molecular flexibility index (Phi) is 6.45. The lowest BCUT2D eigenvalue weighted by Gasteiger charge is -2.35. The van der Waals surface area contributed by atoms with Crippen molar-refractivity contribution in [2.45, 2.75) is 20.4 Å². The molecule has 0 unspecified atom stereocenters. The molecule has 0 radical (unpaired) electrons. The van der Waals surface area contributed by atoms with Crippen LogP contribution in [-0.4, -0.2) is 75.8 Å². The second-order valence-corrected chi connectivity index (χ2v) is 7.82. The number of rotatable bonds is 7. The summed E-state index contributed by atoms with van der Waals surface area (Å²) in [6.07, 6.45) is 2.10. The first-order chi connectivity index (χ1) is 14.7. The molecule has 4 rings (SSSR count). The van der Waals surface area contributed by atoms with Crippen molar-refractivity contribution < 1.29 is 4.79 Å². The zero-order chi connectivity index (χ0) is 20.9. The molecule has 0 aliphatic carbocycles. The van der Waals surface area contributed by atoms with Gasteiger partial charge in [-0.25, -0.2) is 4.98 Å². The smallest absolute Gasteiger partial charge is 0.236 e. The minimum atomic E-state index is 0.238. The van der Waals surface area contributed by atoms with Crippen molar-refractivity contribution in [2.75, 3.05) is 45.8 Å². The van der Waals surface area contributed by atoms with E-state index in [2.05, 4.69) is 56.8 Å². The molecule has 0 spiro atoms. The van der Waals surface area contributed by atoms with Crippen LogP contribution in [0.15, 0.2) is 54.7 Å². The van der Waals surface area contributed by atoms with Crippen LogP contribution in [0.2, 0.25) is 0 Å². The third kappa shape index (κ3) is 4.40.